The van der Waals surface area contributed by atoms with Crippen LogP contribution >= 0.6 is 23.5 Å². The van der Waals surface area contributed by atoms with Crippen LogP contribution in [0.25, 0.3) is 16.6 Å². The third-order valence-corrected chi connectivity index (χ3v) is 14.3. The Labute approximate surface area is 377 Å². The fourth-order valence-corrected chi connectivity index (χ4v) is 10.5. The normalized spacial score (nSPS) is 17.9. The van der Waals surface area contributed by atoms with Crippen molar-refractivity contribution in [3.8, 4) is 11.5 Å². The van der Waals surface area contributed by atoms with Gasteiger partial charge in [-0.15, -0.1) is 0 Å². The molecular formula is C51H64ClN7O2S. The third kappa shape index (κ3) is 10.9. The van der Waals surface area contributed by atoms with Crippen molar-refractivity contribution in [3.63, 3.8) is 0 Å². The quantitative estimate of drug-likeness (QED) is 0.0608. The molecule has 1 saturated carbocycles. The van der Waals surface area contributed by atoms with Crippen LogP contribution in [-0.4, -0.2) is 59.5 Å². The van der Waals surface area contributed by atoms with E-state index in [1.165, 1.54) is 68.0 Å². The summed E-state index contributed by atoms with van der Waals surface area (Å²) in [5.74, 6) is 1.66. The minimum atomic E-state index is -0.243. The Kier molecular flexibility index (Phi) is 14.1. The number of aromatic nitrogens is 2. The van der Waals surface area contributed by atoms with E-state index in [0.717, 1.165) is 102 Å². The van der Waals surface area contributed by atoms with E-state index in [1.54, 1.807) is 11.8 Å². The summed E-state index contributed by atoms with van der Waals surface area (Å²) in [5, 5.41) is 5.45. The summed E-state index contributed by atoms with van der Waals surface area (Å²) in [5.41, 5.74) is 16.4. The number of hydrogen-bond donors (Lipinski definition) is 4. The first-order valence-corrected chi connectivity index (χ1v) is 24.0. The molecule has 0 unspecified atom stereocenters. The topological polar surface area (TPSA) is 112 Å². The summed E-state index contributed by atoms with van der Waals surface area (Å²) in [4.78, 5) is 27.6. The van der Waals surface area contributed by atoms with Gasteiger partial charge in [0.2, 0.25) is 0 Å². The average molecular weight is 875 g/mol. The number of halogens is 1. The van der Waals surface area contributed by atoms with E-state index in [-0.39, 0.29) is 11.3 Å². The molecule has 2 fully saturated rings. The number of hydrogen-bond acceptors (Lipinski definition) is 8. The molecule has 1 saturated heterocycles. The van der Waals surface area contributed by atoms with Gasteiger partial charge in [0.1, 0.15) is 17.1 Å². The standard InChI is InChI=1S/C51H64ClN7O2S/c1-5-36-28-43(30-46(53)48(36)56-34(2)11-12-35-9-7-6-8-10-35)62-57-50(60)44-18-17-41(29-47(44)61-42-27-38-20-22-54-49(38)55-32-42)59-25-23-58(24-26-59)33-39-19-21-51(3,4)31-45(39)37-13-15-40(52)16-14-37/h13-18,20,22,27-30,32,34-35,56H,5-12,19,21,23-26,31,33,53H2,1-4H3,(H,54,55)(H,57,60)/t34-/m0/s1. The van der Waals surface area contributed by atoms with Gasteiger partial charge in [0.25, 0.3) is 5.91 Å². The third-order valence-electron chi connectivity index (χ3n) is 13.3. The molecule has 1 aliphatic heterocycles. The maximum Gasteiger partial charge on any atom is 0.265 e. The number of anilines is 3. The number of allylic oxidation sites excluding steroid dienone is 1. The zero-order chi connectivity index (χ0) is 43.2. The van der Waals surface area contributed by atoms with Crippen LogP contribution in [0.15, 0.2) is 89.6 Å². The van der Waals surface area contributed by atoms with Crippen LogP contribution in [0, 0.1) is 11.3 Å². The van der Waals surface area contributed by atoms with Crippen LogP contribution in [0.1, 0.15) is 113 Å². The van der Waals surface area contributed by atoms with Crippen LogP contribution in [-0.2, 0) is 6.42 Å². The Hall–Kier alpha value is -4.64. The van der Waals surface area contributed by atoms with Crippen molar-refractivity contribution in [2.75, 3.05) is 48.7 Å². The number of rotatable bonds is 15. The van der Waals surface area contributed by atoms with E-state index in [0.29, 0.717) is 28.8 Å². The molecule has 0 spiro atoms. The van der Waals surface area contributed by atoms with Gasteiger partial charge in [-0.2, -0.15) is 0 Å². The second-order valence-electron chi connectivity index (χ2n) is 18.6. The minimum absolute atomic E-state index is 0.243. The first-order valence-electron chi connectivity index (χ1n) is 22.9. The maximum absolute atomic E-state index is 14.1. The number of carbonyl (C=O) groups excluding carboxylic acids is 1. The minimum Gasteiger partial charge on any atom is -0.455 e. The smallest absolute Gasteiger partial charge is 0.265 e. The SMILES string of the molecule is CCc1cc(SNC(=O)c2ccc(N3CCN(CC4=C(c5ccc(Cl)cc5)CC(C)(C)CC4)CC3)cc2Oc2cnc3[nH]ccc3c2)cc(N)c1N[C@@H](C)CCC1CCCCC1. The molecule has 2 aromatic heterocycles. The average Bonchev–Trinajstić information content (AvgIpc) is 3.75. The van der Waals surface area contributed by atoms with E-state index in [2.05, 4.69) is 75.7 Å². The predicted molar refractivity (Wildman–Crippen MR) is 260 cm³/mol. The molecular weight excluding hydrogens is 810 g/mol. The number of amides is 1. The van der Waals surface area contributed by atoms with E-state index in [4.69, 9.17) is 22.1 Å². The number of ether oxygens (including phenoxy) is 1. The lowest BCUT2D eigenvalue weighted by molar-refractivity contribution is 0.0982. The van der Waals surface area contributed by atoms with Crippen LogP contribution in [0.2, 0.25) is 5.02 Å². The fourth-order valence-electron chi connectivity index (χ4n) is 9.63. The Balaban J connectivity index is 0.951. The summed E-state index contributed by atoms with van der Waals surface area (Å²) < 4.78 is 9.63. The number of piperazine rings is 1. The molecule has 3 heterocycles. The van der Waals surface area contributed by atoms with Crippen molar-refractivity contribution in [1.82, 2.24) is 19.6 Å². The summed E-state index contributed by atoms with van der Waals surface area (Å²) in [6.07, 6.45) is 17.1. The highest BCUT2D eigenvalue weighted by Crippen LogP contribution is 2.44. The molecule has 0 bridgehead atoms. The molecule has 1 amide bonds. The number of nitrogen functional groups attached to an aromatic ring is 1. The highest BCUT2D eigenvalue weighted by atomic mass is 35.5. The maximum atomic E-state index is 14.1. The van der Waals surface area contributed by atoms with Crippen molar-refractivity contribution in [3.05, 3.63) is 106 Å². The first-order chi connectivity index (χ1) is 30.0. The van der Waals surface area contributed by atoms with Gasteiger partial charge < -0.3 is 25.7 Å². The van der Waals surface area contributed by atoms with Gasteiger partial charge in [0.15, 0.2) is 0 Å². The lowest BCUT2D eigenvalue weighted by atomic mass is 9.72. The van der Waals surface area contributed by atoms with Crippen molar-refractivity contribution in [2.24, 2.45) is 11.3 Å². The molecule has 11 heteroatoms. The fraction of sp³-hybridized carbons (Fsp3) is 0.451. The largest absolute Gasteiger partial charge is 0.455 e. The highest BCUT2D eigenvalue weighted by Gasteiger charge is 2.30. The van der Waals surface area contributed by atoms with Crippen LogP contribution < -0.4 is 25.4 Å². The summed E-state index contributed by atoms with van der Waals surface area (Å²) in [7, 11) is 0. The van der Waals surface area contributed by atoms with E-state index >= 15 is 0 Å². The zero-order valence-electron chi connectivity index (χ0n) is 37.0. The summed E-state index contributed by atoms with van der Waals surface area (Å²) >= 11 is 7.56. The van der Waals surface area contributed by atoms with E-state index in [9.17, 15) is 4.79 Å². The lowest BCUT2D eigenvalue weighted by Crippen LogP contribution is -2.47. The molecule has 2 aliphatic carbocycles. The number of aromatic amines is 1. The molecule has 8 rings (SSSR count). The van der Waals surface area contributed by atoms with Crippen molar-refractivity contribution in [2.45, 2.75) is 109 Å². The van der Waals surface area contributed by atoms with Crippen LogP contribution in [0.4, 0.5) is 17.1 Å². The Morgan fingerprint density at radius 1 is 1.03 bits per heavy atom. The monoisotopic (exact) mass is 873 g/mol. The van der Waals surface area contributed by atoms with Gasteiger partial charge in [-0.3, -0.25) is 14.4 Å². The molecule has 3 aliphatic rings. The number of nitrogens with one attached hydrogen (secondary N) is 3. The van der Waals surface area contributed by atoms with Crippen LogP contribution in [0.5, 0.6) is 11.5 Å². The molecule has 3 aromatic carbocycles. The molecule has 5 aromatic rings. The van der Waals surface area contributed by atoms with E-state index < -0.39 is 0 Å². The van der Waals surface area contributed by atoms with Crippen molar-refractivity contribution in [1.29, 1.82) is 0 Å². The number of benzene rings is 3. The first kappa shape index (κ1) is 44.0. The van der Waals surface area contributed by atoms with Gasteiger partial charge in [-0.25, -0.2) is 4.98 Å². The van der Waals surface area contributed by atoms with Gasteiger partial charge >= 0.3 is 0 Å². The molecule has 9 nitrogen and oxygen atoms in total. The summed E-state index contributed by atoms with van der Waals surface area (Å²) in [6.45, 7) is 13.8. The van der Waals surface area contributed by atoms with E-state index in [1.807, 2.05) is 54.7 Å². The number of pyridine rings is 1. The second kappa shape index (κ2) is 19.8. The van der Waals surface area contributed by atoms with Gasteiger partial charge in [0, 0.05) is 72.0 Å². The Bertz CT molecular complexity index is 2360. The molecule has 5 N–H and O–H groups in total. The predicted octanol–water partition coefficient (Wildman–Crippen LogP) is 12.5. The molecule has 1 atom stereocenters. The van der Waals surface area contributed by atoms with Gasteiger partial charge in [-0.1, -0.05) is 82.2 Å². The Morgan fingerprint density at radius 3 is 2.60 bits per heavy atom. The molecule has 0 radical (unpaired) electrons. The zero-order valence-corrected chi connectivity index (χ0v) is 38.6. The number of carbonyl (C=O) groups is 1. The van der Waals surface area contributed by atoms with Crippen molar-refractivity contribution >= 4 is 63.1 Å². The molecule has 328 valence electrons. The van der Waals surface area contributed by atoms with Crippen molar-refractivity contribution < 1.29 is 9.53 Å². The number of H-pyrrole nitrogens is 1. The second-order valence-corrected chi connectivity index (χ2v) is 19.9. The van der Waals surface area contributed by atoms with Gasteiger partial charge in [0.05, 0.1) is 23.1 Å². The van der Waals surface area contributed by atoms with Crippen LogP contribution in [0.3, 0.4) is 0 Å². The number of aryl methyl sites for hydroxylation is 1. The highest BCUT2D eigenvalue weighted by molar-refractivity contribution is 7.98. The number of nitrogens with zero attached hydrogens (tertiary/aromatic N) is 3. The number of nitrogens with two attached hydrogens (primary N) is 1. The number of fused-ring (bicyclic) bond motifs is 1. The Morgan fingerprint density at radius 2 is 1.82 bits per heavy atom. The molecule has 62 heavy (non-hydrogen) atoms. The summed E-state index contributed by atoms with van der Waals surface area (Å²) in [6, 6.07) is 22.7. The van der Waals surface area contributed by atoms with Gasteiger partial charge in [-0.05, 0) is 134 Å². The lowest BCUT2D eigenvalue weighted by Gasteiger charge is -2.39.